The number of nitrogens with two attached hydrogens (primary N) is 1. The minimum atomic E-state index is -4.87. The highest BCUT2D eigenvalue weighted by molar-refractivity contribution is 5.96. The van der Waals surface area contributed by atoms with E-state index in [-0.39, 0.29) is 5.56 Å². The van der Waals surface area contributed by atoms with Crippen LogP contribution in [0.3, 0.4) is 0 Å². The lowest BCUT2D eigenvalue weighted by molar-refractivity contribution is -0.265. The highest BCUT2D eigenvalue weighted by Crippen LogP contribution is 2.37. The maximum atomic E-state index is 13.9. The van der Waals surface area contributed by atoms with Crippen molar-refractivity contribution in [3.05, 3.63) is 46.6 Å². The minimum absolute atomic E-state index is 0.123. The average molecular weight is 506 g/mol. The number of aliphatic hydroxyl groups is 3. The second-order valence-corrected chi connectivity index (χ2v) is 7.67. The van der Waals surface area contributed by atoms with E-state index in [4.69, 9.17) is 15.2 Å². The molecule has 7 N–H and O–H groups in total. The van der Waals surface area contributed by atoms with Gasteiger partial charge in [-0.25, -0.2) is 4.39 Å². The number of primary amides is 1. The van der Waals surface area contributed by atoms with Crippen molar-refractivity contribution < 1.29 is 51.9 Å². The molecule has 0 aliphatic carbocycles. The van der Waals surface area contributed by atoms with Crippen LogP contribution in [0.1, 0.15) is 27.2 Å². The lowest BCUT2D eigenvalue weighted by Crippen LogP contribution is -2.58. The normalized spacial score (nSPS) is 24.7. The van der Waals surface area contributed by atoms with Gasteiger partial charge in [0.15, 0.2) is 6.17 Å². The number of nitrogens with zero attached hydrogens (tertiary/aromatic N) is 1. The van der Waals surface area contributed by atoms with Gasteiger partial charge in [-0.3, -0.25) is 14.7 Å². The van der Waals surface area contributed by atoms with Gasteiger partial charge in [0, 0.05) is 12.0 Å². The number of aromatic amines is 1. The number of rotatable bonds is 8. The molecule has 192 valence electrons. The molecule has 5 unspecified atom stereocenters. The van der Waals surface area contributed by atoms with Crippen LogP contribution >= 0.6 is 0 Å². The third kappa shape index (κ3) is 6.05. The van der Waals surface area contributed by atoms with Crippen LogP contribution in [0, 0.1) is 0 Å². The molecule has 5 atom stereocenters. The molecule has 35 heavy (non-hydrogen) atoms. The van der Waals surface area contributed by atoms with Gasteiger partial charge < -0.3 is 35.8 Å². The maximum Gasteiger partial charge on any atom is 0.433 e. The number of carbonyl (C=O) groups is 2. The van der Waals surface area contributed by atoms with E-state index in [9.17, 15) is 42.5 Å². The van der Waals surface area contributed by atoms with E-state index in [1.807, 2.05) is 5.10 Å². The Morgan fingerprint density at radius 2 is 1.86 bits per heavy atom. The summed E-state index contributed by atoms with van der Waals surface area (Å²) in [5.74, 6) is -2.01. The molecular formula is C20H22F4N4O7. The first-order valence-corrected chi connectivity index (χ1v) is 10.2. The Hall–Kier alpha value is -3.27. The van der Waals surface area contributed by atoms with Crippen LogP contribution < -0.4 is 15.8 Å². The molecule has 1 aliphatic rings. The summed E-state index contributed by atoms with van der Waals surface area (Å²) in [6.45, 7) is -1.28. The van der Waals surface area contributed by atoms with Gasteiger partial charge in [0.1, 0.15) is 24.0 Å². The molecule has 0 spiro atoms. The van der Waals surface area contributed by atoms with E-state index in [1.54, 1.807) is 0 Å². The zero-order valence-corrected chi connectivity index (χ0v) is 17.8. The first-order valence-electron chi connectivity index (χ1n) is 10.2. The number of nitrogens with one attached hydrogen (secondary N) is 2. The SMILES string of the molecule is NC(=O)CNC(=O)c1ccc(Cc2c(OC3OC(CO)C(F)C(O)C3O)n[nH]c2C(F)(F)F)cc1. The lowest BCUT2D eigenvalue weighted by Gasteiger charge is -2.38. The number of amides is 2. The van der Waals surface area contributed by atoms with E-state index in [1.165, 1.54) is 24.3 Å². The summed E-state index contributed by atoms with van der Waals surface area (Å²) in [7, 11) is 0. The highest BCUT2D eigenvalue weighted by Gasteiger charge is 2.47. The summed E-state index contributed by atoms with van der Waals surface area (Å²) in [5, 5.41) is 36.6. The fraction of sp³-hybridized carbons (Fsp3) is 0.450. The summed E-state index contributed by atoms with van der Waals surface area (Å²) < 4.78 is 64.9. The van der Waals surface area contributed by atoms with Crippen LogP contribution in [-0.4, -0.2) is 81.3 Å². The molecular weight excluding hydrogens is 484 g/mol. The number of halogens is 4. The minimum Gasteiger partial charge on any atom is -0.443 e. The molecule has 1 fully saturated rings. The predicted molar refractivity (Wildman–Crippen MR) is 108 cm³/mol. The second kappa shape index (κ2) is 10.6. The van der Waals surface area contributed by atoms with Gasteiger partial charge in [-0.05, 0) is 17.7 Å². The number of hydrogen-bond acceptors (Lipinski definition) is 8. The highest BCUT2D eigenvalue weighted by atomic mass is 19.4. The van der Waals surface area contributed by atoms with Crippen molar-refractivity contribution in [3.8, 4) is 5.88 Å². The molecule has 0 saturated carbocycles. The van der Waals surface area contributed by atoms with Gasteiger partial charge in [0.05, 0.1) is 18.7 Å². The number of carbonyl (C=O) groups excluding carboxylic acids is 2. The van der Waals surface area contributed by atoms with Crippen LogP contribution in [0.4, 0.5) is 17.6 Å². The molecule has 0 bridgehead atoms. The maximum absolute atomic E-state index is 13.9. The van der Waals surface area contributed by atoms with Crippen LogP contribution in [0.25, 0.3) is 0 Å². The summed E-state index contributed by atoms with van der Waals surface area (Å²) in [4.78, 5) is 22.7. The average Bonchev–Trinajstić information content (AvgIpc) is 3.20. The monoisotopic (exact) mass is 506 g/mol. The summed E-state index contributed by atoms with van der Waals surface area (Å²) in [5.41, 5.74) is 3.63. The smallest absolute Gasteiger partial charge is 0.433 e. The van der Waals surface area contributed by atoms with Crippen molar-refractivity contribution in [2.75, 3.05) is 13.2 Å². The summed E-state index contributed by atoms with van der Waals surface area (Å²) >= 11 is 0. The van der Waals surface area contributed by atoms with E-state index >= 15 is 0 Å². The Labute approximate surface area is 194 Å². The third-order valence-corrected chi connectivity index (χ3v) is 5.16. The molecule has 1 aromatic carbocycles. The largest absolute Gasteiger partial charge is 0.443 e. The lowest BCUT2D eigenvalue weighted by atomic mass is 10.0. The molecule has 1 aromatic heterocycles. The zero-order valence-electron chi connectivity index (χ0n) is 17.8. The van der Waals surface area contributed by atoms with Crippen LogP contribution in [0.2, 0.25) is 0 Å². The number of H-pyrrole nitrogens is 1. The van der Waals surface area contributed by atoms with E-state index in [0.717, 1.165) is 0 Å². The van der Waals surface area contributed by atoms with Crippen molar-refractivity contribution in [2.24, 2.45) is 5.73 Å². The summed E-state index contributed by atoms with van der Waals surface area (Å²) in [6, 6.07) is 5.36. The van der Waals surface area contributed by atoms with E-state index < -0.39 is 85.5 Å². The van der Waals surface area contributed by atoms with Crippen molar-refractivity contribution in [1.29, 1.82) is 0 Å². The molecule has 3 rings (SSSR count). The van der Waals surface area contributed by atoms with Crippen molar-refractivity contribution >= 4 is 11.8 Å². The molecule has 11 nitrogen and oxygen atoms in total. The van der Waals surface area contributed by atoms with Crippen molar-refractivity contribution in [1.82, 2.24) is 15.5 Å². The predicted octanol–water partition coefficient (Wildman–Crippen LogP) is -0.610. The van der Waals surface area contributed by atoms with Gasteiger partial charge in [0.25, 0.3) is 5.91 Å². The molecule has 1 saturated heterocycles. The van der Waals surface area contributed by atoms with Crippen molar-refractivity contribution in [2.45, 2.75) is 43.4 Å². The quantitative estimate of drug-likeness (QED) is 0.257. The Kier molecular flexibility index (Phi) is 7.94. The number of aromatic nitrogens is 2. The summed E-state index contributed by atoms with van der Waals surface area (Å²) in [6.07, 6.45) is -14.8. The number of aliphatic hydroxyl groups excluding tert-OH is 3. The molecule has 2 aromatic rings. The topological polar surface area (TPSA) is 180 Å². The number of benzene rings is 1. The molecule has 0 radical (unpaired) electrons. The zero-order chi connectivity index (χ0) is 25.9. The third-order valence-electron chi connectivity index (χ3n) is 5.16. The first kappa shape index (κ1) is 26.3. The van der Waals surface area contributed by atoms with Crippen LogP contribution in [0.15, 0.2) is 24.3 Å². The van der Waals surface area contributed by atoms with Crippen molar-refractivity contribution in [3.63, 3.8) is 0 Å². The molecule has 1 aliphatic heterocycles. The van der Waals surface area contributed by atoms with E-state index in [2.05, 4.69) is 10.4 Å². The van der Waals surface area contributed by atoms with E-state index in [0.29, 0.717) is 5.56 Å². The second-order valence-electron chi connectivity index (χ2n) is 7.67. The fourth-order valence-electron chi connectivity index (χ4n) is 3.34. The van der Waals surface area contributed by atoms with Gasteiger partial charge in [0.2, 0.25) is 18.1 Å². The van der Waals surface area contributed by atoms with Gasteiger partial charge in [-0.15, -0.1) is 5.10 Å². The Balaban J connectivity index is 1.83. The molecule has 2 amide bonds. The van der Waals surface area contributed by atoms with Crippen LogP contribution in [0.5, 0.6) is 5.88 Å². The Morgan fingerprint density at radius 3 is 2.43 bits per heavy atom. The van der Waals surface area contributed by atoms with Gasteiger partial charge >= 0.3 is 6.18 Å². The Bertz CT molecular complexity index is 1050. The number of ether oxygens (including phenoxy) is 2. The standard InChI is InChI=1S/C20H22F4N4O7/c21-13-11(7-29)34-19(15(32)14(13)31)35-18-10(16(27-28-18)20(22,23)24)5-8-1-3-9(4-2-8)17(33)26-6-12(25)30/h1-4,11,13-15,19,29,31-32H,5-7H2,(H2,25,30)(H,26,33)(H,27,28). The van der Waals surface area contributed by atoms with Gasteiger partial charge in [-0.2, -0.15) is 13.2 Å². The Morgan fingerprint density at radius 1 is 1.20 bits per heavy atom. The molecule has 2 heterocycles. The first-order chi connectivity index (χ1) is 16.4. The van der Waals surface area contributed by atoms with Crippen LogP contribution in [-0.2, 0) is 22.1 Å². The number of alkyl halides is 4. The number of hydrogen-bond donors (Lipinski definition) is 6. The fourth-order valence-corrected chi connectivity index (χ4v) is 3.34. The molecule has 15 heteroatoms. The van der Waals surface area contributed by atoms with Gasteiger partial charge in [-0.1, -0.05) is 12.1 Å².